The molecule has 0 aliphatic carbocycles. The molecule has 6 nitrogen and oxygen atoms in total. The highest BCUT2D eigenvalue weighted by atomic mass is 19.4. The second-order valence-electron chi connectivity index (χ2n) is 6.53. The Morgan fingerprint density at radius 3 is 2.46 bits per heavy atom. The number of amides is 1. The van der Waals surface area contributed by atoms with Crippen LogP contribution in [0.15, 0.2) is 42.5 Å². The van der Waals surface area contributed by atoms with Crippen molar-refractivity contribution in [2.45, 2.75) is 32.1 Å². The Balaban J connectivity index is 1.79. The smallest absolute Gasteiger partial charge is 0.375 e. The molecule has 1 fully saturated rings. The number of nitro groups is 1. The highest BCUT2D eigenvalue weighted by molar-refractivity contribution is 5.78. The number of carbonyl (C=O) groups is 1. The molecule has 0 unspecified atom stereocenters. The first kappa shape index (κ1) is 19.7. The lowest BCUT2D eigenvalue weighted by molar-refractivity contribution is -0.384. The minimum absolute atomic E-state index is 0.00468. The van der Waals surface area contributed by atoms with Gasteiger partial charge in [-0.2, -0.15) is 13.2 Å². The molecular weight excluding hydrogens is 375 g/mol. The molecule has 28 heavy (non-hydrogen) atoms. The summed E-state index contributed by atoms with van der Waals surface area (Å²) in [6, 6.07) is 9.71. The van der Waals surface area contributed by atoms with Crippen molar-refractivity contribution in [2.75, 3.05) is 11.9 Å². The van der Waals surface area contributed by atoms with E-state index >= 15 is 0 Å². The van der Waals surface area contributed by atoms with Crippen molar-refractivity contribution in [3.05, 3.63) is 69.3 Å². The van der Waals surface area contributed by atoms with Gasteiger partial charge in [-0.15, -0.1) is 0 Å². The van der Waals surface area contributed by atoms with E-state index in [4.69, 9.17) is 0 Å². The van der Waals surface area contributed by atoms with E-state index in [9.17, 15) is 28.1 Å². The monoisotopic (exact) mass is 393 g/mol. The molecule has 0 spiro atoms. The predicted octanol–water partition coefficient (Wildman–Crippen LogP) is 4.35. The first-order valence-corrected chi connectivity index (χ1v) is 8.70. The van der Waals surface area contributed by atoms with Crippen LogP contribution in [-0.4, -0.2) is 22.3 Å². The third-order valence-electron chi connectivity index (χ3n) is 4.64. The van der Waals surface area contributed by atoms with Gasteiger partial charge in [-0.1, -0.05) is 24.3 Å². The molecule has 148 valence electrons. The minimum atomic E-state index is -4.65. The highest BCUT2D eigenvalue weighted by Gasteiger charge is 2.33. The summed E-state index contributed by atoms with van der Waals surface area (Å²) in [4.78, 5) is 24.0. The average Bonchev–Trinajstić information content (AvgIpc) is 3.04. The Morgan fingerprint density at radius 1 is 1.14 bits per heavy atom. The number of alkyl halides is 3. The van der Waals surface area contributed by atoms with Gasteiger partial charge in [-0.25, -0.2) is 0 Å². The topological polar surface area (TPSA) is 75.5 Å². The molecule has 1 aliphatic heterocycles. The number of anilines is 1. The number of nitrogens with one attached hydrogen (secondary N) is 1. The summed E-state index contributed by atoms with van der Waals surface area (Å²) in [5, 5.41) is 14.1. The van der Waals surface area contributed by atoms with Crippen molar-refractivity contribution in [3.8, 4) is 0 Å². The average molecular weight is 393 g/mol. The van der Waals surface area contributed by atoms with E-state index < -0.39 is 22.4 Å². The molecule has 1 N–H and O–H groups in total. The lowest BCUT2D eigenvalue weighted by atomic mass is 10.1. The number of nitrogens with zero attached hydrogens (tertiary/aromatic N) is 2. The quantitative estimate of drug-likeness (QED) is 0.585. The van der Waals surface area contributed by atoms with Crippen LogP contribution in [0, 0.1) is 10.1 Å². The van der Waals surface area contributed by atoms with Gasteiger partial charge in [0.15, 0.2) is 0 Å². The molecule has 0 atom stereocenters. The number of nitro benzene ring substituents is 1. The molecule has 2 aromatic rings. The van der Waals surface area contributed by atoms with Crippen LogP contribution in [0.25, 0.3) is 0 Å². The van der Waals surface area contributed by atoms with Gasteiger partial charge in [-0.05, 0) is 29.7 Å². The maximum Gasteiger partial charge on any atom is 0.416 e. The molecule has 2 aromatic carbocycles. The lowest BCUT2D eigenvalue weighted by Crippen LogP contribution is -2.24. The second-order valence-corrected chi connectivity index (χ2v) is 6.53. The first-order valence-electron chi connectivity index (χ1n) is 8.70. The van der Waals surface area contributed by atoms with Gasteiger partial charge in [0.2, 0.25) is 5.91 Å². The Labute approximate surface area is 159 Å². The summed E-state index contributed by atoms with van der Waals surface area (Å²) in [6.07, 6.45) is -3.31. The Bertz CT molecular complexity index is 899. The van der Waals surface area contributed by atoms with Crippen LogP contribution in [-0.2, 0) is 24.1 Å². The second kappa shape index (κ2) is 7.87. The van der Waals surface area contributed by atoms with Gasteiger partial charge >= 0.3 is 6.18 Å². The number of likely N-dealkylation sites (tertiary alicyclic amines) is 1. The fourth-order valence-electron chi connectivity index (χ4n) is 3.16. The molecule has 3 rings (SSSR count). The minimum Gasteiger partial charge on any atom is -0.375 e. The van der Waals surface area contributed by atoms with Crippen LogP contribution in [0.2, 0.25) is 0 Å². The number of halogens is 3. The molecule has 1 saturated heterocycles. The van der Waals surface area contributed by atoms with Gasteiger partial charge in [-0.3, -0.25) is 14.9 Å². The Kier molecular flexibility index (Phi) is 5.53. The van der Waals surface area contributed by atoms with Gasteiger partial charge in [0.1, 0.15) is 5.69 Å². The number of rotatable bonds is 6. The molecule has 9 heteroatoms. The van der Waals surface area contributed by atoms with E-state index in [1.165, 1.54) is 0 Å². The Hall–Kier alpha value is -3.10. The number of hydrogen-bond donors (Lipinski definition) is 1. The summed E-state index contributed by atoms with van der Waals surface area (Å²) < 4.78 is 38.5. The maximum absolute atomic E-state index is 12.8. The fourth-order valence-corrected chi connectivity index (χ4v) is 3.16. The van der Waals surface area contributed by atoms with Crippen molar-refractivity contribution >= 4 is 17.3 Å². The van der Waals surface area contributed by atoms with E-state index in [1.54, 1.807) is 11.0 Å². The van der Waals surface area contributed by atoms with E-state index in [0.29, 0.717) is 25.6 Å². The van der Waals surface area contributed by atoms with Crippen molar-refractivity contribution in [1.29, 1.82) is 0 Å². The van der Waals surface area contributed by atoms with E-state index in [1.807, 2.05) is 18.2 Å². The molecule has 0 aromatic heterocycles. The van der Waals surface area contributed by atoms with Crippen molar-refractivity contribution in [3.63, 3.8) is 0 Å². The first-order chi connectivity index (χ1) is 13.3. The number of benzene rings is 2. The van der Waals surface area contributed by atoms with Crippen LogP contribution in [0.5, 0.6) is 0 Å². The van der Waals surface area contributed by atoms with Gasteiger partial charge in [0.05, 0.1) is 10.5 Å². The van der Waals surface area contributed by atoms with Crippen LogP contribution in [0.1, 0.15) is 29.5 Å². The van der Waals surface area contributed by atoms with Crippen LogP contribution in [0.4, 0.5) is 24.5 Å². The molecule has 1 aliphatic rings. The largest absolute Gasteiger partial charge is 0.416 e. The lowest BCUT2D eigenvalue weighted by Gasteiger charge is -2.18. The van der Waals surface area contributed by atoms with Crippen LogP contribution >= 0.6 is 0 Å². The van der Waals surface area contributed by atoms with E-state index in [-0.39, 0.29) is 18.1 Å². The SMILES string of the molecule is O=C1CCCN1Cc1ccccc1CNc1ccc(C(F)(F)F)cc1[N+](=O)[O-]. The Morgan fingerprint density at radius 2 is 1.86 bits per heavy atom. The van der Waals surface area contributed by atoms with E-state index in [2.05, 4.69) is 5.32 Å². The van der Waals surface area contributed by atoms with Crippen LogP contribution < -0.4 is 5.32 Å². The van der Waals surface area contributed by atoms with E-state index in [0.717, 1.165) is 29.7 Å². The number of carbonyl (C=O) groups excluding carboxylic acids is 1. The summed E-state index contributed by atoms with van der Waals surface area (Å²) in [6.45, 7) is 1.31. The third kappa shape index (κ3) is 4.41. The molecule has 0 radical (unpaired) electrons. The third-order valence-corrected chi connectivity index (χ3v) is 4.64. The summed E-state index contributed by atoms with van der Waals surface area (Å²) >= 11 is 0. The molecule has 1 amide bonds. The zero-order valence-corrected chi connectivity index (χ0v) is 14.8. The van der Waals surface area contributed by atoms with Crippen molar-refractivity contribution < 1.29 is 22.9 Å². The molecule has 0 saturated carbocycles. The predicted molar refractivity (Wildman–Crippen MR) is 96.5 cm³/mol. The fraction of sp³-hybridized carbons (Fsp3) is 0.316. The van der Waals surface area contributed by atoms with Crippen LogP contribution in [0.3, 0.4) is 0 Å². The zero-order valence-electron chi connectivity index (χ0n) is 14.8. The molecule has 0 bridgehead atoms. The van der Waals surface area contributed by atoms with Crippen molar-refractivity contribution in [2.24, 2.45) is 0 Å². The van der Waals surface area contributed by atoms with Gasteiger partial charge in [0.25, 0.3) is 5.69 Å². The van der Waals surface area contributed by atoms with Gasteiger partial charge < -0.3 is 10.2 Å². The van der Waals surface area contributed by atoms with Crippen molar-refractivity contribution in [1.82, 2.24) is 4.90 Å². The zero-order chi connectivity index (χ0) is 20.3. The molecule has 1 heterocycles. The standard InChI is InChI=1S/C19H18F3N3O3/c20-19(21,22)15-7-8-16(17(10-15)25(27)28)23-11-13-4-1-2-5-14(13)12-24-9-3-6-18(24)26/h1-2,4-5,7-8,10,23H,3,6,9,11-12H2. The summed E-state index contributed by atoms with van der Waals surface area (Å²) in [7, 11) is 0. The molecular formula is C19H18F3N3O3. The number of hydrogen-bond acceptors (Lipinski definition) is 4. The normalized spacial score (nSPS) is 14.4. The summed E-state index contributed by atoms with van der Waals surface area (Å²) in [5.41, 5.74) is 0.000912. The maximum atomic E-state index is 12.8. The highest BCUT2D eigenvalue weighted by Crippen LogP contribution is 2.35. The summed E-state index contributed by atoms with van der Waals surface area (Å²) in [5.74, 6) is 0.0844. The van der Waals surface area contributed by atoms with Gasteiger partial charge in [0, 0.05) is 32.1 Å².